The first-order valence-electron chi connectivity index (χ1n) is 3.72. The van der Waals surface area contributed by atoms with Crippen LogP contribution in [0.5, 0.6) is 0 Å². The fourth-order valence-corrected chi connectivity index (χ4v) is 3.24. The summed E-state index contributed by atoms with van der Waals surface area (Å²) in [6, 6.07) is 0. The van der Waals surface area contributed by atoms with Crippen LogP contribution in [0.2, 0.25) is 0 Å². The zero-order valence-corrected chi connectivity index (χ0v) is 9.63. The lowest BCUT2D eigenvalue weighted by Gasteiger charge is -2.16. The van der Waals surface area contributed by atoms with Gasteiger partial charge in [0.1, 0.15) is 0 Å². The fourth-order valence-electron chi connectivity index (χ4n) is 0.721. The van der Waals surface area contributed by atoms with Crippen LogP contribution in [0, 0.1) is 0 Å². The zero-order valence-electron chi connectivity index (χ0n) is 8.00. The lowest BCUT2D eigenvalue weighted by Crippen LogP contribution is -2.40. The summed E-state index contributed by atoms with van der Waals surface area (Å²) < 4.78 is 113. The predicted octanol–water partition coefficient (Wildman–Crippen LogP) is 1.24. The van der Waals surface area contributed by atoms with Crippen molar-refractivity contribution >= 4 is 19.7 Å². The Balaban J connectivity index is 5.25. The van der Waals surface area contributed by atoms with Gasteiger partial charge in [-0.05, 0) is 6.92 Å². The van der Waals surface area contributed by atoms with Crippen molar-refractivity contribution in [3.05, 3.63) is 0 Å². The Morgan fingerprint density at radius 3 is 1.47 bits per heavy atom. The highest BCUT2D eigenvalue weighted by Crippen LogP contribution is 2.31. The van der Waals surface area contributed by atoms with Crippen LogP contribution in [0.3, 0.4) is 0 Å². The largest absolute Gasteiger partial charge is 0.497 e. The van der Waals surface area contributed by atoms with Crippen LogP contribution in [0.15, 0.2) is 0 Å². The molecule has 17 heavy (non-hydrogen) atoms. The van der Waals surface area contributed by atoms with E-state index >= 15 is 0 Å². The summed E-state index contributed by atoms with van der Waals surface area (Å²) in [5.41, 5.74) is -11.6. The van der Waals surface area contributed by atoms with Gasteiger partial charge >= 0.3 is 11.0 Å². The Labute approximate surface area is 92.4 Å². The Hall–Kier alpha value is -0.520. The first-order chi connectivity index (χ1) is 7.13. The van der Waals surface area contributed by atoms with Crippen molar-refractivity contribution in [3.63, 3.8) is 0 Å². The van der Waals surface area contributed by atoms with Crippen molar-refractivity contribution in [2.75, 3.05) is 5.75 Å². The van der Waals surface area contributed by atoms with E-state index in [1.54, 1.807) is 0 Å². The van der Waals surface area contributed by atoms with Crippen molar-refractivity contribution in [1.82, 2.24) is 0 Å². The highest BCUT2D eigenvalue weighted by Gasteiger charge is 2.53. The second kappa shape index (κ2) is 4.30. The monoisotopic (exact) mass is 308 g/mol. The van der Waals surface area contributed by atoms with Crippen LogP contribution in [0.25, 0.3) is 0 Å². The molecule has 0 aliphatic rings. The standard InChI is InChI=1S/C5H6F6O4S2/c1-3(17(14,15)5(9,10)11)2-16(12,13)4(6,7)8/h3H,2H2,1H3. The lowest BCUT2D eigenvalue weighted by molar-refractivity contribution is -0.0460. The van der Waals surface area contributed by atoms with Gasteiger partial charge in [-0.3, -0.25) is 0 Å². The molecule has 0 spiro atoms. The second-order valence-electron chi connectivity index (χ2n) is 3.03. The van der Waals surface area contributed by atoms with E-state index in [-0.39, 0.29) is 6.92 Å². The van der Waals surface area contributed by atoms with Gasteiger partial charge < -0.3 is 0 Å². The molecular formula is C5H6F6O4S2. The van der Waals surface area contributed by atoms with Crippen LogP contribution in [0.1, 0.15) is 6.92 Å². The van der Waals surface area contributed by atoms with Crippen LogP contribution >= 0.6 is 0 Å². The molecule has 0 saturated heterocycles. The van der Waals surface area contributed by atoms with Crippen molar-refractivity contribution < 1.29 is 43.2 Å². The molecule has 12 heteroatoms. The van der Waals surface area contributed by atoms with E-state index in [1.165, 1.54) is 0 Å². The molecule has 4 nitrogen and oxygen atoms in total. The molecule has 0 amide bonds. The molecule has 0 bridgehead atoms. The minimum absolute atomic E-state index is 0.242. The van der Waals surface area contributed by atoms with E-state index in [1.807, 2.05) is 0 Å². The fraction of sp³-hybridized carbons (Fsp3) is 1.00. The molecule has 0 N–H and O–H groups in total. The number of hydrogen-bond donors (Lipinski definition) is 0. The molecule has 0 aliphatic heterocycles. The smallest absolute Gasteiger partial charge is 0.220 e. The topological polar surface area (TPSA) is 68.3 Å². The van der Waals surface area contributed by atoms with Crippen molar-refractivity contribution in [3.8, 4) is 0 Å². The van der Waals surface area contributed by atoms with Crippen LogP contribution in [-0.4, -0.2) is 38.9 Å². The van der Waals surface area contributed by atoms with Gasteiger partial charge in [0, 0.05) is 0 Å². The molecule has 1 unspecified atom stereocenters. The third-order valence-electron chi connectivity index (χ3n) is 1.66. The average molecular weight is 308 g/mol. The van der Waals surface area contributed by atoms with E-state index < -0.39 is 41.7 Å². The van der Waals surface area contributed by atoms with E-state index in [4.69, 9.17) is 0 Å². The summed E-state index contributed by atoms with van der Waals surface area (Å²) in [5, 5.41) is -2.73. The number of rotatable bonds is 3. The second-order valence-corrected chi connectivity index (χ2v) is 7.41. The molecule has 104 valence electrons. The van der Waals surface area contributed by atoms with Crippen LogP contribution < -0.4 is 0 Å². The summed E-state index contributed by atoms with van der Waals surface area (Å²) in [6.45, 7) is 0.242. The van der Waals surface area contributed by atoms with Gasteiger partial charge in [-0.2, -0.15) is 26.3 Å². The molecule has 0 aliphatic carbocycles. The van der Waals surface area contributed by atoms with Crippen molar-refractivity contribution in [2.45, 2.75) is 23.2 Å². The molecule has 0 radical (unpaired) electrons. The van der Waals surface area contributed by atoms with E-state index in [2.05, 4.69) is 0 Å². The van der Waals surface area contributed by atoms with Gasteiger partial charge in [-0.1, -0.05) is 0 Å². The maximum Gasteiger partial charge on any atom is 0.497 e. The number of alkyl halides is 6. The Kier molecular flexibility index (Phi) is 4.17. The van der Waals surface area contributed by atoms with Crippen molar-refractivity contribution in [2.24, 2.45) is 0 Å². The lowest BCUT2D eigenvalue weighted by atomic mass is 10.6. The maximum atomic E-state index is 11.9. The first-order valence-corrected chi connectivity index (χ1v) is 6.92. The van der Waals surface area contributed by atoms with Gasteiger partial charge in [0.2, 0.25) is 9.84 Å². The summed E-state index contributed by atoms with van der Waals surface area (Å²) in [6.07, 6.45) is 0. The molecule has 0 aromatic carbocycles. The summed E-state index contributed by atoms with van der Waals surface area (Å²) in [4.78, 5) is 0. The maximum absolute atomic E-state index is 11.9. The molecule has 0 rings (SSSR count). The summed E-state index contributed by atoms with van der Waals surface area (Å²) in [5.74, 6) is -2.17. The molecule has 0 aromatic heterocycles. The quantitative estimate of drug-likeness (QED) is 0.736. The molecule has 0 aromatic rings. The highest BCUT2D eigenvalue weighted by molar-refractivity contribution is 7.96. The Bertz CT molecular complexity index is 470. The van der Waals surface area contributed by atoms with Crippen LogP contribution in [-0.2, 0) is 19.7 Å². The average Bonchev–Trinajstić information content (AvgIpc) is 1.98. The summed E-state index contributed by atoms with van der Waals surface area (Å²) >= 11 is 0. The number of halogens is 6. The third-order valence-corrected chi connectivity index (χ3v) is 5.39. The minimum Gasteiger partial charge on any atom is -0.220 e. The highest BCUT2D eigenvalue weighted by atomic mass is 32.2. The molecule has 1 atom stereocenters. The van der Waals surface area contributed by atoms with Gasteiger partial charge in [-0.15, -0.1) is 0 Å². The zero-order chi connectivity index (χ0) is 14.3. The number of sulfone groups is 2. The van der Waals surface area contributed by atoms with Gasteiger partial charge in [0.25, 0.3) is 9.84 Å². The molecule has 0 fully saturated rings. The molecular weight excluding hydrogens is 302 g/mol. The Morgan fingerprint density at radius 1 is 0.882 bits per heavy atom. The van der Waals surface area contributed by atoms with Gasteiger partial charge in [0.05, 0.1) is 11.0 Å². The Morgan fingerprint density at radius 2 is 1.24 bits per heavy atom. The van der Waals surface area contributed by atoms with E-state index in [0.29, 0.717) is 0 Å². The van der Waals surface area contributed by atoms with E-state index in [9.17, 15) is 43.2 Å². The van der Waals surface area contributed by atoms with Crippen molar-refractivity contribution in [1.29, 1.82) is 0 Å². The molecule has 0 heterocycles. The van der Waals surface area contributed by atoms with Gasteiger partial charge in [0.15, 0.2) is 0 Å². The summed E-state index contributed by atoms with van der Waals surface area (Å²) in [7, 11) is -11.9. The van der Waals surface area contributed by atoms with Crippen LogP contribution in [0.4, 0.5) is 26.3 Å². The minimum atomic E-state index is -5.95. The normalized spacial score (nSPS) is 16.9. The number of hydrogen-bond acceptors (Lipinski definition) is 4. The van der Waals surface area contributed by atoms with Gasteiger partial charge in [-0.25, -0.2) is 16.8 Å². The SMILES string of the molecule is CC(CS(=O)(=O)C(F)(F)F)S(=O)(=O)C(F)(F)F. The first kappa shape index (κ1) is 16.5. The van der Waals surface area contributed by atoms with E-state index in [0.717, 1.165) is 0 Å². The molecule has 0 saturated carbocycles. The predicted molar refractivity (Wildman–Crippen MR) is 44.3 cm³/mol. The third kappa shape index (κ3) is 3.47.